The topological polar surface area (TPSA) is 82.5 Å². The Hall–Kier alpha value is -2.41. The standard InChI is InChI=1S/C13H12N6S/c1-9-2-4-10(5-3-9)20-13-17-11(14)16-12(18-13)19-7-6-15-8-19/h2-8H,1H3,(H2,14,16,17,18). The molecular weight excluding hydrogens is 272 g/mol. The van der Waals surface area contributed by atoms with Crippen LogP contribution in [-0.4, -0.2) is 24.5 Å². The van der Waals surface area contributed by atoms with Crippen LogP contribution in [0.4, 0.5) is 5.95 Å². The summed E-state index contributed by atoms with van der Waals surface area (Å²) in [6, 6.07) is 8.14. The lowest BCUT2D eigenvalue weighted by Crippen LogP contribution is -2.05. The van der Waals surface area contributed by atoms with E-state index in [2.05, 4.69) is 19.9 Å². The number of hydrogen-bond donors (Lipinski definition) is 1. The Morgan fingerprint density at radius 3 is 2.60 bits per heavy atom. The predicted octanol–water partition coefficient (Wildman–Crippen LogP) is 2.10. The first kappa shape index (κ1) is 12.6. The molecule has 0 spiro atoms. The number of aromatic nitrogens is 5. The largest absolute Gasteiger partial charge is 0.368 e. The molecule has 0 radical (unpaired) electrons. The molecule has 0 saturated heterocycles. The smallest absolute Gasteiger partial charge is 0.240 e. The van der Waals surface area contributed by atoms with Crippen LogP contribution in [-0.2, 0) is 0 Å². The van der Waals surface area contributed by atoms with Crippen LogP contribution < -0.4 is 5.73 Å². The molecule has 2 N–H and O–H groups in total. The van der Waals surface area contributed by atoms with Crippen molar-refractivity contribution in [1.82, 2.24) is 24.5 Å². The highest BCUT2D eigenvalue weighted by Gasteiger charge is 2.07. The number of benzene rings is 1. The molecule has 0 atom stereocenters. The summed E-state index contributed by atoms with van der Waals surface area (Å²) < 4.78 is 1.69. The fraction of sp³-hybridized carbons (Fsp3) is 0.0769. The second-order valence-electron chi connectivity index (χ2n) is 4.16. The minimum atomic E-state index is 0.193. The summed E-state index contributed by atoms with van der Waals surface area (Å²) >= 11 is 1.45. The zero-order chi connectivity index (χ0) is 13.9. The van der Waals surface area contributed by atoms with Gasteiger partial charge in [-0.15, -0.1) is 0 Å². The molecular formula is C13H12N6S. The van der Waals surface area contributed by atoms with Gasteiger partial charge in [0.05, 0.1) is 0 Å². The van der Waals surface area contributed by atoms with E-state index < -0.39 is 0 Å². The van der Waals surface area contributed by atoms with Crippen LogP contribution in [0.3, 0.4) is 0 Å². The van der Waals surface area contributed by atoms with Crippen LogP contribution in [0.5, 0.6) is 0 Å². The van der Waals surface area contributed by atoms with Gasteiger partial charge >= 0.3 is 0 Å². The van der Waals surface area contributed by atoms with Gasteiger partial charge in [0.2, 0.25) is 11.9 Å². The minimum Gasteiger partial charge on any atom is -0.368 e. The molecule has 0 aliphatic carbocycles. The predicted molar refractivity (Wildman–Crippen MR) is 76.7 cm³/mol. The Labute approximate surface area is 120 Å². The second-order valence-corrected chi connectivity index (χ2v) is 5.20. The number of aryl methyl sites for hydroxylation is 1. The van der Waals surface area contributed by atoms with Gasteiger partial charge in [-0.25, -0.2) is 4.98 Å². The lowest BCUT2D eigenvalue weighted by molar-refractivity contribution is 0.832. The molecule has 1 aromatic carbocycles. The summed E-state index contributed by atoms with van der Waals surface area (Å²) in [5.41, 5.74) is 6.95. The van der Waals surface area contributed by atoms with Crippen molar-refractivity contribution in [1.29, 1.82) is 0 Å². The summed E-state index contributed by atoms with van der Waals surface area (Å²) in [6.45, 7) is 2.05. The number of nitrogens with zero attached hydrogens (tertiary/aromatic N) is 5. The fourth-order valence-corrected chi connectivity index (χ4v) is 2.36. The van der Waals surface area contributed by atoms with Crippen molar-refractivity contribution in [3.05, 3.63) is 48.5 Å². The minimum absolute atomic E-state index is 0.193. The maximum absolute atomic E-state index is 5.73. The number of anilines is 1. The Balaban J connectivity index is 1.92. The first-order valence-electron chi connectivity index (χ1n) is 5.95. The third-order valence-corrected chi connectivity index (χ3v) is 3.46. The Kier molecular flexibility index (Phi) is 3.34. The van der Waals surface area contributed by atoms with E-state index in [0.29, 0.717) is 11.1 Å². The fourth-order valence-electron chi connectivity index (χ4n) is 1.61. The van der Waals surface area contributed by atoms with E-state index in [4.69, 9.17) is 5.73 Å². The average molecular weight is 284 g/mol. The van der Waals surface area contributed by atoms with Gasteiger partial charge in [0.1, 0.15) is 6.33 Å². The summed E-state index contributed by atoms with van der Waals surface area (Å²) in [4.78, 5) is 17.6. The van der Waals surface area contributed by atoms with Crippen molar-refractivity contribution in [3.8, 4) is 5.95 Å². The van der Waals surface area contributed by atoms with Crippen LogP contribution in [0.2, 0.25) is 0 Å². The molecule has 20 heavy (non-hydrogen) atoms. The summed E-state index contributed by atoms with van der Waals surface area (Å²) in [7, 11) is 0. The molecule has 100 valence electrons. The van der Waals surface area contributed by atoms with E-state index in [-0.39, 0.29) is 5.95 Å². The highest BCUT2D eigenvalue weighted by molar-refractivity contribution is 7.99. The van der Waals surface area contributed by atoms with E-state index in [1.54, 1.807) is 23.3 Å². The average Bonchev–Trinajstić information content (AvgIpc) is 2.95. The second kappa shape index (κ2) is 5.30. The van der Waals surface area contributed by atoms with Crippen molar-refractivity contribution in [2.24, 2.45) is 0 Å². The molecule has 0 unspecified atom stereocenters. The van der Waals surface area contributed by atoms with Crippen LogP contribution in [0.1, 0.15) is 5.56 Å². The van der Waals surface area contributed by atoms with Gasteiger partial charge in [-0.1, -0.05) is 17.7 Å². The van der Waals surface area contributed by atoms with E-state index in [0.717, 1.165) is 4.90 Å². The zero-order valence-corrected chi connectivity index (χ0v) is 11.6. The maximum Gasteiger partial charge on any atom is 0.240 e. The van der Waals surface area contributed by atoms with Gasteiger partial charge in [-0.3, -0.25) is 4.57 Å². The number of imidazole rings is 1. The maximum atomic E-state index is 5.73. The van der Waals surface area contributed by atoms with Crippen molar-refractivity contribution in [2.45, 2.75) is 17.0 Å². The van der Waals surface area contributed by atoms with Crippen molar-refractivity contribution < 1.29 is 0 Å². The summed E-state index contributed by atoms with van der Waals surface area (Å²) in [6.07, 6.45) is 5.04. The molecule has 2 aromatic heterocycles. The molecule has 0 bridgehead atoms. The van der Waals surface area contributed by atoms with Crippen LogP contribution >= 0.6 is 11.8 Å². The van der Waals surface area contributed by atoms with Crippen molar-refractivity contribution in [2.75, 3.05) is 5.73 Å². The van der Waals surface area contributed by atoms with Gasteiger partial charge in [0, 0.05) is 17.3 Å². The summed E-state index contributed by atoms with van der Waals surface area (Å²) in [5.74, 6) is 0.655. The number of nitrogens with two attached hydrogens (primary N) is 1. The molecule has 2 heterocycles. The molecule has 7 heteroatoms. The first-order chi connectivity index (χ1) is 9.70. The quantitative estimate of drug-likeness (QED) is 0.793. The van der Waals surface area contributed by atoms with Crippen LogP contribution in [0.15, 0.2) is 53.0 Å². The van der Waals surface area contributed by atoms with Gasteiger partial charge in [-0.05, 0) is 30.8 Å². The van der Waals surface area contributed by atoms with E-state index in [9.17, 15) is 0 Å². The monoisotopic (exact) mass is 284 g/mol. The SMILES string of the molecule is Cc1ccc(Sc2nc(N)nc(-n3ccnc3)n2)cc1. The lowest BCUT2D eigenvalue weighted by Gasteiger charge is -2.05. The number of hydrogen-bond acceptors (Lipinski definition) is 6. The van der Waals surface area contributed by atoms with Gasteiger partial charge in [0.15, 0.2) is 5.16 Å². The molecule has 3 rings (SSSR count). The van der Waals surface area contributed by atoms with Gasteiger partial charge < -0.3 is 5.73 Å². The highest BCUT2D eigenvalue weighted by Crippen LogP contribution is 2.25. The Morgan fingerprint density at radius 2 is 1.90 bits per heavy atom. The molecule has 0 aliphatic rings. The Morgan fingerprint density at radius 1 is 1.10 bits per heavy atom. The Bertz CT molecular complexity index is 708. The molecule has 0 amide bonds. The summed E-state index contributed by atoms with van der Waals surface area (Å²) in [5, 5.41) is 0.560. The first-order valence-corrected chi connectivity index (χ1v) is 6.77. The lowest BCUT2D eigenvalue weighted by atomic mass is 10.2. The molecule has 6 nitrogen and oxygen atoms in total. The highest BCUT2D eigenvalue weighted by atomic mass is 32.2. The van der Waals surface area contributed by atoms with Crippen molar-refractivity contribution in [3.63, 3.8) is 0 Å². The van der Waals surface area contributed by atoms with Crippen molar-refractivity contribution >= 4 is 17.7 Å². The third-order valence-electron chi connectivity index (χ3n) is 2.59. The molecule has 3 aromatic rings. The molecule has 0 aliphatic heterocycles. The normalized spacial score (nSPS) is 10.7. The number of rotatable bonds is 3. The van der Waals surface area contributed by atoms with E-state index >= 15 is 0 Å². The van der Waals surface area contributed by atoms with E-state index in [1.807, 2.05) is 31.2 Å². The van der Waals surface area contributed by atoms with Crippen LogP contribution in [0, 0.1) is 6.92 Å². The zero-order valence-electron chi connectivity index (χ0n) is 10.8. The number of nitrogen functional groups attached to an aromatic ring is 1. The van der Waals surface area contributed by atoms with Crippen LogP contribution in [0.25, 0.3) is 5.95 Å². The molecule has 0 saturated carbocycles. The van der Waals surface area contributed by atoms with Gasteiger partial charge in [0.25, 0.3) is 0 Å². The van der Waals surface area contributed by atoms with Gasteiger partial charge in [-0.2, -0.15) is 15.0 Å². The third kappa shape index (κ3) is 2.77. The van der Waals surface area contributed by atoms with E-state index in [1.165, 1.54) is 17.3 Å². The molecule has 0 fully saturated rings.